The summed E-state index contributed by atoms with van der Waals surface area (Å²) in [5.41, 5.74) is 2.73. The highest BCUT2D eigenvalue weighted by atomic mass is 32.3. The molecule has 3 aliphatic heterocycles. The van der Waals surface area contributed by atoms with Gasteiger partial charge in [0.2, 0.25) is 30.1 Å². The van der Waals surface area contributed by atoms with Gasteiger partial charge in [-0.2, -0.15) is 12.9 Å². The SMILES string of the molecule is CSC1=C2SCCCN(S(=O)(=O)c3ccc(C)cc3)CCN(S(=O)(=O)c3ccc(C)cc3)CCN(S(=O)(=O)c3ccc(C)cc3)CCSC3=C(SC)S/C(=C(\S1)S2)S3. The second kappa shape index (κ2) is 20.7. The fourth-order valence-corrected chi connectivity index (χ4v) is 21.5. The van der Waals surface area contributed by atoms with Crippen LogP contribution < -0.4 is 0 Å². The van der Waals surface area contributed by atoms with Crippen LogP contribution in [0.1, 0.15) is 23.1 Å². The molecule has 3 heterocycles. The van der Waals surface area contributed by atoms with Gasteiger partial charge >= 0.3 is 0 Å². The summed E-state index contributed by atoms with van der Waals surface area (Å²) in [7, 11) is -12.2. The summed E-state index contributed by atoms with van der Waals surface area (Å²) in [6.45, 7) is 5.36. The minimum absolute atomic E-state index is 0.0562. The van der Waals surface area contributed by atoms with Crippen LogP contribution in [0.5, 0.6) is 0 Å². The van der Waals surface area contributed by atoms with Crippen molar-refractivity contribution in [3.63, 3.8) is 0 Å². The molecule has 0 atom stereocenters. The summed E-state index contributed by atoms with van der Waals surface area (Å²) >= 11 is 13.7. The molecule has 3 aromatic rings. The lowest BCUT2D eigenvalue weighted by molar-refractivity contribution is 0.320. The van der Waals surface area contributed by atoms with Crippen LogP contribution in [0.4, 0.5) is 0 Å². The first-order valence-electron chi connectivity index (χ1n) is 18.1. The van der Waals surface area contributed by atoms with Gasteiger partial charge in [0.25, 0.3) is 0 Å². The van der Waals surface area contributed by atoms with Gasteiger partial charge in [-0.05, 0) is 81.9 Å². The van der Waals surface area contributed by atoms with Gasteiger partial charge in [0.15, 0.2) is 0 Å². The molecule has 314 valence electrons. The van der Waals surface area contributed by atoms with Gasteiger partial charge in [0, 0.05) is 45.0 Å². The lowest BCUT2D eigenvalue weighted by atomic mass is 10.2. The van der Waals surface area contributed by atoms with Gasteiger partial charge in [-0.3, -0.25) is 0 Å². The van der Waals surface area contributed by atoms with Gasteiger partial charge in [-0.25, -0.2) is 25.3 Å². The number of hydrogen-bond donors (Lipinski definition) is 0. The lowest BCUT2D eigenvalue weighted by Crippen LogP contribution is -2.45. The van der Waals surface area contributed by atoms with Crippen molar-refractivity contribution in [2.45, 2.75) is 41.9 Å². The molecule has 0 N–H and O–H groups in total. The van der Waals surface area contributed by atoms with Crippen molar-refractivity contribution in [3.05, 3.63) is 115 Å². The van der Waals surface area contributed by atoms with Crippen LogP contribution in [0.25, 0.3) is 0 Å². The van der Waals surface area contributed by atoms with Crippen LogP contribution in [0, 0.1) is 20.8 Å². The molecule has 0 unspecified atom stereocenters. The van der Waals surface area contributed by atoms with Crippen molar-refractivity contribution in [1.82, 2.24) is 12.9 Å². The standard InChI is InChI=1S/C38H45N3O6S11/c1-27-7-13-30(14-8-27)56(42,43)39-19-6-25-50-35-33(48-4)52-37(54-35)38-53-34(49-5)36(55-38)51-26-24-41(58(46,47)32-17-11-29(3)12-18-32)23-22-40(21-20-39)57(44,45)31-15-9-28(2)10-16-31/h7-18H,6,19-26H2,1-5H3/b38-37-. The highest BCUT2D eigenvalue weighted by molar-refractivity contribution is 8.45. The quantitative estimate of drug-likeness (QED) is 0.214. The predicted octanol–water partition coefficient (Wildman–Crippen LogP) is 9.92. The average molecular weight is 993 g/mol. The highest BCUT2D eigenvalue weighted by Crippen LogP contribution is 2.65. The van der Waals surface area contributed by atoms with Crippen LogP contribution >= 0.6 is 94.1 Å². The van der Waals surface area contributed by atoms with Gasteiger partial charge in [-0.15, -0.1) is 47.0 Å². The van der Waals surface area contributed by atoms with Crippen molar-refractivity contribution < 1.29 is 25.3 Å². The van der Waals surface area contributed by atoms with Crippen LogP contribution in [0.15, 0.2) is 113 Å². The van der Waals surface area contributed by atoms with Crippen molar-refractivity contribution in [3.8, 4) is 0 Å². The Hall–Kier alpha value is -0.590. The fraction of sp³-hybridized carbons (Fsp3) is 0.368. The number of nitrogens with zero attached hydrogens (tertiary/aromatic N) is 3. The molecule has 58 heavy (non-hydrogen) atoms. The minimum Gasteiger partial charge on any atom is -0.207 e. The van der Waals surface area contributed by atoms with Gasteiger partial charge in [0.1, 0.15) is 0 Å². The molecular weight excluding hydrogens is 947 g/mol. The molecule has 3 aromatic carbocycles. The summed E-state index contributed by atoms with van der Waals surface area (Å²) in [6.07, 6.45) is 4.66. The van der Waals surface area contributed by atoms with E-state index in [-0.39, 0.29) is 54.0 Å². The molecule has 0 aliphatic carbocycles. The first-order chi connectivity index (χ1) is 27.6. The van der Waals surface area contributed by atoms with E-state index < -0.39 is 30.1 Å². The number of thioether (sulfide) groups is 8. The van der Waals surface area contributed by atoms with Crippen LogP contribution in [0.3, 0.4) is 0 Å². The monoisotopic (exact) mass is 991 g/mol. The number of aryl methyl sites for hydroxylation is 3. The zero-order valence-corrected chi connectivity index (χ0v) is 41.6. The summed E-state index contributed by atoms with van der Waals surface area (Å²) in [6, 6.07) is 19.9. The van der Waals surface area contributed by atoms with E-state index in [1.807, 2.05) is 20.8 Å². The fourth-order valence-electron chi connectivity index (χ4n) is 5.87. The third-order valence-corrected chi connectivity index (χ3v) is 26.2. The van der Waals surface area contributed by atoms with E-state index in [1.54, 1.807) is 155 Å². The predicted molar refractivity (Wildman–Crippen MR) is 258 cm³/mol. The molecule has 0 saturated carbocycles. The second-order valence-electron chi connectivity index (χ2n) is 13.2. The van der Waals surface area contributed by atoms with E-state index in [0.717, 1.165) is 20.9 Å². The maximum atomic E-state index is 14.5. The van der Waals surface area contributed by atoms with Gasteiger partial charge < -0.3 is 0 Å². The third kappa shape index (κ3) is 11.3. The first-order valence-corrected chi connectivity index (χ1v) is 30.1. The molecule has 0 amide bonds. The molecule has 0 radical (unpaired) electrons. The summed E-state index contributed by atoms with van der Waals surface area (Å²) in [5, 5.41) is 0. The Labute approximate surface area is 378 Å². The molecule has 3 aliphatic rings. The van der Waals surface area contributed by atoms with Gasteiger partial charge in [-0.1, -0.05) is 100 Å². The van der Waals surface area contributed by atoms with Crippen LogP contribution in [-0.4, -0.2) is 101 Å². The summed E-state index contributed by atoms with van der Waals surface area (Å²) < 4.78 is 97.4. The Kier molecular flexibility index (Phi) is 16.8. The largest absolute Gasteiger partial charge is 0.243 e. The number of sulfonamides is 3. The number of benzene rings is 3. The molecule has 0 spiro atoms. The third-order valence-electron chi connectivity index (χ3n) is 9.15. The summed E-state index contributed by atoms with van der Waals surface area (Å²) in [4.78, 5) is 0.320. The normalized spacial score (nSPS) is 20.8. The Balaban J connectivity index is 1.39. The smallest absolute Gasteiger partial charge is 0.207 e. The van der Waals surface area contributed by atoms with Crippen LogP contribution in [0.2, 0.25) is 0 Å². The first kappa shape index (κ1) is 46.9. The molecule has 6 rings (SSSR count). The van der Waals surface area contributed by atoms with Crippen molar-refractivity contribution in [2.75, 3.05) is 63.3 Å². The molecule has 0 fully saturated rings. The number of fused-ring (bicyclic) bond motifs is 4. The topological polar surface area (TPSA) is 112 Å². The number of rotatable bonds is 8. The summed E-state index contributed by atoms with van der Waals surface area (Å²) in [5.74, 6) is 1.12. The van der Waals surface area contributed by atoms with E-state index in [4.69, 9.17) is 0 Å². The lowest BCUT2D eigenvalue weighted by Gasteiger charge is -2.29. The van der Waals surface area contributed by atoms with E-state index in [2.05, 4.69) is 12.5 Å². The van der Waals surface area contributed by atoms with Crippen molar-refractivity contribution in [1.29, 1.82) is 0 Å². The van der Waals surface area contributed by atoms with E-state index >= 15 is 0 Å². The van der Waals surface area contributed by atoms with Gasteiger partial charge in [0.05, 0.1) is 40.1 Å². The number of hydrogen-bond acceptors (Lipinski definition) is 14. The zero-order valence-electron chi connectivity index (χ0n) is 32.6. The maximum absolute atomic E-state index is 14.5. The molecular formula is C38H45N3O6S11. The Bertz CT molecular complexity index is 2390. The van der Waals surface area contributed by atoms with Crippen molar-refractivity contribution >= 4 is 124 Å². The molecule has 20 heteroatoms. The van der Waals surface area contributed by atoms with Crippen LogP contribution in [-0.2, 0) is 30.1 Å². The highest BCUT2D eigenvalue weighted by Gasteiger charge is 2.34. The molecule has 9 nitrogen and oxygen atoms in total. The van der Waals surface area contributed by atoms with E-state index in [0.29, 0.717) is 17.9 Å². The average Bonchev–Trinajstić information content (AvgIpc) is 3.81. The second-order valence-corrected chi connectivity index (χ2v) is 28.5. The maximum Gasteiger partial charge on any atom is 0.243 e. The Morgan fingerprint density at radius 2 is 0.759 bits per heavy atom. The minimum atomic E-state index is -4.18. The Morgan fingerprint density at radius 3 is 1.12 bits per heavy atom. The zero-order chi connectivity index (χ0) is 41.7. The molecule has 0 aromatic heterocycles. The molecule has 4 bridgehead atoms. The Morgan fingerprint density at radius 1 is 0.431 bits per heavy atom. The van der Waals surface area contributed by atoms with E-state index in [9.17, 15) is 25.3 Å². The van der Waals surface area contributed by atoms with Crippen molar-refractivity contribution in [2.24, 2.45) is 0 Å². The van der Waals surface area contributed by atoms with E-state index in [1.165, 1.54) is 46.2 Å². The molecule has 0 saturated heterocycles.